The molecule has 0 bridgehead atoms. The number of methoxy groups -OCH3 is 1. The van der Waals surface area contributed by atoms with Crippen LogP contribution in [0.4, 0.5) is 0 Å². The first-order valence-electron chi connectivity index (χ1n) is 7.36. The van der Waals surface area contributed by atoms with E-state index in [2.05, 4.69) is 31.3 Å². The SMILES string of the molecule is CCCNC1c2cc(OC)ccc2CC1SC(C)CO. The summed E-state index contributed by atoms with van der Waals surface area (Å²) < 4.78 is 5.36. The van der Waals surface area contributed by atoms with Crippen molar-refractivity contribution in [3.8, 4) is 5.75 Å². The largest absolute Gasteiger partial charge is 0.497 e. The molecule has 4 heteroatoms. The van der Waals surface area contributed by atoms with Gasteiger partial charge in [-0.05, 0) is 42.6 Å². The fraction of sp³-hybridized carbons (Fsp3) is 0.625. The molecule has 0 fully saturated rings. The summed E-state index contributed by atoms with van der Waals surface area (Å²) in [5.74, 6) is 0.924. The molecular weight excluding hydrogens is 270 g/mol. The number of hydrogen-bond acceptors (Lipinski definition) is 4. The molecular formula is C16H25NO2S. The van der Waals surface area contributed by atoms with Gasteiger partial charge < -0.3 is 15.2 Å². The number of aliphatic hydroxyl groups excluding tert-OH is 1. The summed E-state index contributed by atoms with van der Waals surface area (Å²) in [6, 6.07) is 6.74. The average Bonchev–Trinajstić information content (AvgIpc) is 2.81. The Morgan fingerprint density at radius 1 is 1.50 bits per heavy atom. The second-order valence-corrected chi connectivity index (χ2v) is 7.05. The fourth-order valence-corrected chi connectivity index (χ4v) is 4.08. The van der Waals surface area contributed by atoms with Crippen molar-refractivity contribution in [2.75, 3.05) is 20.3 Å². The number of benzene rings is 1. The van der Waals surface area contributed by atoms with Crippen LogP contribution in [0.5, 0.6) is 5.75 Å². The van der Waals surface area contributed by atoms with Crippen LogP contribution >= 0.6 is 11.8 Å². The molecule has 1 aliphatic carbocycles. The van der Waals surface area contributed by atoms with Crippen molar-refractivity contribution in [2.45, 2.75) is 43.2 Å². The van der Waals surface area contributed by atoms with Gasteiger partial charge in [0.2, 0.25) is 0 Å². The standard InChI is InChI=1S/C16H25NO2S/c1-4-7-17-16-14-9-13(19-3)6-5-12(14)8-15(16)20-11(2)10-18/h5-6,9,11,15-18H,4,7-8,10H2,1-3H3. The van der Waals surface area contributed by atoms with Crippen LogP contribution < -0.4 is 10.1 Å². The van der Waals surface area contributed by atoms with Crippen LogP contribution in [0.2, 0.25) is 0 Å². The summed E-state index contributed by atoms with van der Waals surface area (Å²) in [5, 5.41) is 13.7. The Morgan fingerprint density at radius 3 is 2.95 bits per heavy atom. The van der Waals surface area contributed by atoms with Gasteiger partial charge in [-0.25, -0.2) is 0 Å². The smallest absolute Gasteiger partial charge is 0.119 e. The summed E-state index contributed by atoms with van der Waals surface area (Å²) in [5.41, 5.74) is 2.77. The van der Waals surface area contributed by atoms with Gasteiger partial charge in [0, 0.05) is 16.5 Å². The van der Waals surface area contributed by atoms with Crippen molar-refractivity contribution in [2.24, 2.45) is 0 Å². The number of fused-ring (bicyclic) bond motifs is 1. The zero-order chi connectivity index (χ0) is 14.5. The van der Waals surface area contributed by atoms with Crippen LogP contribution in [-0.4, -0.2) is 35.9 Å². The maximum Gasteiger partial charge on any atom is 0.119 e. The van der Waals surface area contributed by atoms with Crippen molar-refractivity contribution in [1.29, 1.82) is 0 Å². The predicted molar refractivity (Wildman–Crippen MR) is 85.7 cm³/mol. The zero-order valence-corrected chi connectivity index (χ0v) is 13.4. The third-order valence-corrected chi connectivity index (χ3v) is 5.16. The van der Waals surface area contributed by atoms with E-state index in [1.165, 1.54) is 11.1 Å². The molecule has 0 saturated carbocycles. The van der Waals surface area contributed by atoms with Crippen LogP contribution in [0, 0.1) is 0 Å². The van der Waals surface area contributed by atoms with Gasteiger partial charge in [-0.1, -0.05) is 19.9 Å². The van der Waals surface area contributed by atoms with Gasteiger partial charge >= 0.3 is 0 Å². The molecule has 1 aromatic rings. The molecule has 0 aromatic heterocycles. The Kier molecular flexibility index (Phi) is 5.75. The number of thioether (sulfide) groups is 1. The highest BCUT2D eigenvalue weighted by molar-refractivity contribution is 8.00. The average molecular weight is 295 g/mol. The number of hydrogen-bond donors (Lipinski definition) is 2. The van der Waals surface area contributed by atoms with E-state index in [1.807, 2.05) is 17.8 Å². The van der Waals surface area contributed by atoms with Crippen molar-refractivity contribution >= 4 is 11.8 Å². The van der Waals surface area contributed by atoms with Gasteiger partial charge in [0.1, 0.15) is 5.75 Å². The van der Waals surface area contributed by atoms with Crippen molar-refractivity contribution in [3.05, 3.63) is 29.3 Å². The Labute approximate surface area is 126 Å². The molecule has 2 rings (SSSR count). The number of rotatable bonds is 7. The zero-order valence-electron chi connectivity index (χ0n) is 12.6. The fourth-order valence-electron chi connectivity index (χ4n) is 2.72. The Bertz CT molecular complexity index is 438. The number of nitrogens with one attached hydrogen (secondary N) is 1. The highest BCUT2D eigenvalue weighted by Gasteiger charge is 2.33. The van der Waals surface area contributed by atoms with Gasteiger partial charge in [-0.15, -0.1) is 0 Å². The lowest BCUT2D eigenvalue weighted by atomic mass is 10.1. The second-order valence-electron chi connectivity index (χ2n) is 5.37. The topological polar surface area (TPSA) is 41.5 Å². The van der Waals surface area contributed by atoms with Crippen molar-refractivity contribution in [1.82, 2.24) is 5.32 Å². The normalized spacial score (nSPS) is 22.6. The number of ether oxygens (including phenoxy) is 1. The summed E-state index contributed by atoms with van der Waals surface area (Å²) in [6.45, 7) is 5.53. The number of aliphatic hydroxyl groups is 1. The van der Waals surface area contributed by atoms with E-state index in [0.29, 0.717) is 11.3 Å². The molecule has 2 N–H and O–H groups in total. The molecule has 1 aromatic carbocycles. The predicted octanol–water partition coefficient (Wildman–Crippen LogP) is 2.77. The van der Waals surface area contributed by atoms with E-state index in [4.69, 9.17) is 4.74 Å². The summed E-state index contributed by atoms with van der Waals surface area (Å²) in [4.78, 5) is 0. The third-order valence-electron chi connectivity index (χ3n) is 3.76. The van der Waals surface area contributed by atoms with Crippen LogP contribution in [0.15, 0.2) is 18.2 Å². The first-order chi connectivity index (χ1) is 9.69. The van der Waals surface area contributed by atoms with Crippen LogP contribution in [0.25, 0.3) is 0 Å². The molecule has 0 amide bonds. The molecule has 0 saturated heterocycles. The second kappa shape index (κ2) is 7.34. The monoisotopic (exact) mass is 295 g/mol. The molecule has 3 nitrogen and oxygen atoms in total. The lowest BCUT2D eigenvalue weighted by molar-refractivity contribution is 0.299. The summed E-state index contributed by atoms with van der Waals surface area (Å²) in [7, 11) is 1.71. The van der Waals surface area contributed by atoms with Gasteiger partial charge in [-0.3, -0.25) is 0 Å². The minimum atomic E-state index is 0.237. The molecule has 3 atom stereocenters. The summed E-state index contributed by atoms with van der Waals surface area (Å²) in [6.07, 6.45) is 2.19. The highest BCUT2D eigenvalue weighted by Crippen LogP contribution is 2.41. The van der Waals surface area contributed by atoms with Gasteiger partial charge in [-0.2, -0.15) is 11.8 Å². The lowest BCUT2D eigenvalue weighted by Crippen LogP contribution is -2.29. The molecule has 1 aliphatic rings. The minimum absolute atomic E-state index is 0.237. The molecule has 0 heterocycles. The first-order valence-corrected chi connectivity index (χ1v) is 8.30. The Morgan fingerprint density at radius 2 is 2.30 bits per heavy atom. The molecule has 0 aliphatic heterocycles. The van der Waals surface area contributed by atoms with E-state index in [0.717, 1.165) is 25.1 Å². The maximum atomic E-state index is 9.30. The first kappa shape index (κ1) is 15.7. The van der Waals surface area contributed by atoms with Crippen LogP contribution in [-0.2, 0) is 6.42 Å². The van der Waals surface area contributed by atoms with Crippen LogP contribution in [0.3, 0.4) is 0 Å². The lowest BCUT2D eigenvalue weighted by Gasteiger charge is -2.23. The molecule has 0 spiro atoms. The minimum Gasteiger partial charge on any atom is -0.497 e. The van der Waals surface area contributed by atoms with E-state index < -0.39 is 0 Å². The third kappa shape index (κ3) is 3.48. The summed E-state index contributed by atoms with van der Waals surface area (Å²) >= 11 is 1.88. The van der Waals surface area contributed by atoms with E-state index in [9.17, 15) is 5.11 Å². The van der Waals surface area contributed by atoms with Crippen molar-refractivity contribution in [3.63, 3.8) is 0 Å². The molecule has 0 radical (unpaired) electrons. The Hall–Kier alpha value is -0.710. The molecule has 20 heavy (non-hydrogen) atoms. The van der Waals surface area contributed by atoms with Crippen LogP contribution in [0.1, 0.15) is 37.4 Å². The quantitative estimate of drug-likeness (QED) is 0.811. The van der Waals surface area contributed by atoms with Crippen molar-refractivity contribution < 1.29 is 9.84 Å². The van der Waals surface area contributed by atoms with Gasteiger partial charge in [0.25, 0.3) is 0 Å². The highest BCUT2D eigenvalue weighted by atomic mass is 32.2. The molecule has 3 unspecified atom stereocenters. The van der Waals surface area contributed by atoms with Gasteiger partial charge in [0.15, 0.2) is 0 Å². The maximum absolute atomic E-state index is 9.30. The molecule has 112 valence electrons. The van der Waals surface area contributed by atoms with E-state index in [1.54, 1.807) is 7.11 Å². The Balaban J connectivity index is 2.19. The van der Waals surface area contributed by atoms with E-state index >= 15 is 0 Å². The van der Waals surface area contributed by atoms with E-state index in [-0.39, 0.29) is 11.9 Å². The van der Waals surface area contributed by atoms with Gasteiger partial charge in [0.05, 0.1) is 13.7 Å².